The van der Waals surface area contributed by atoms with Crippen molar-refractivity contribution < 1.29 is 0 Å². The van der Waals surface area contributed by atoms with Gasteiger partial charge in [-0.15, -0.1) is 10.2 Å². The van der Waals surface area contributed by atoms with Crippen LogP contribution in [0, 0.1) is 0 Å². The minimum Gasteiger partial charge on any atom is -0.353 e. The van der Waals surface area contributed by atoms with Gasteiger partial charge < -0.3 is 10.3 Å². The Kier molecular flexibility index (Phi) is 3.12. The number of benzene rings is 1. The normalized spacial score (nSPS) is 11.1. The summed E-state index contributed by atoms with van der Waals surface area (Å²) < 4.78 is 0. The van der Waals surface area contributed by atoms with Gasteiger partial charge in [0.2, 0.25) is 5.95 Å². The zero-order valence-electron chi connectivity index (χ0n) is 11.8. The number of H-pyrrole nitrogens is 1. The summed E-state index contributed by atoms with van der Waals surface area (Å²) in [4.78, 5) is 11.8. The zero-order valence-corrected chi connectivity index (χ0v) is 11.8. The van der Waals surface area contributed by atoms with Gasteiger partial charge in [0, 0.05) is 29.8 Å². The Morgan fingerprint density at radius 1 is 1.05 bits per heavy atom. The van der Waals surface area contributed by atoms with E-state index in [1.165, 1.54) is 5.56 Å². The lowest BCUT2D eigenvalue weighted by Crippen LogP contribution is -2.08. The summed E-state index contributed by atoms with van der Waals surface area (Å²) in [5, 5.41) is 12.7. The monoisotopic (exact) mass is 290 g/mol. The molecule has 0 radical (unpaired) electrons. The van der Waals surface area contributed by atoms with E-state index in [4.69, 9.17) is 0 Å². The SMILES string of the molecule is c1cncc(CCNc2nnc3c(n2)[nH]c2ccccc23)c1. The molecular formula is C16H14N6. The van der Waals surface area contributed by atoms with Crippen LogP contribution in [-0.2, 0) is 6.42 Å². The Morgan fingerprint density at radius 3 is 2.91 bits per heavy atom. The lowest BCUT2D eigenvalue weighted by molar-refractivity contribution is 0.946. The third-order valence-electron chi connectivity index (χ3n) is 3.54. The van der Waals surface area contributed by atoms with E-state index in [0.717, 1.165) is 35.0 Å². The van der Waals surface area contributed by atoms with Gasteiger partial charge in [0.1, 0.15) is 5.52 Å². The quantitative estimate of drug-likeness (QED) is 0.604. The summed E-state index contributed by atoms with van der Waals surface area (Å²) in [6.07, 6.45) is 4.50. The second-order valence-corrected chi connectivity index (χ2v) is 5.04. The van der Waals surface area contributed by atoms with Crippen LogP contribution in [0.3, 0.4) is 0 Å². The second-order valence-electron chi connectivity index (χ2n) is 5.04. The molecular weight excluding hydrogens is 276 g/mol. The Hall–Kier alpha value is -3.02. The smallest absolute Gasteiger partial charge is 0.244 e. The number of nitrogens with one attached hydrogen (secondary N) is 2. The molecule has 0 unspecified atom stereocenters. The predicted molar refractivity (Wildman–Crippen MR) is 85.6 cm³/mol. The molecule has 22 heavy (non-hydrogen) atoms. The number of hydrogen-bond acceptors (Lipinski definition) is 5. The van der Waals surface area contributed by atoms with Gasteiger partial charge >= 0.3 is 0 Å². The van der Waals surface area contributed by atoms with Crippen LogP contribution >= 0.6 is 0 Å². The molecule has 0 aliphatic carbocycles. The summed E-state index contributed by atoms with van der Waals surface area (Å²) in [6.45, 7) is 0.735. The fourth-order valence-electron chi connectivity index (χ4n) is 2.46. The van der Waals surface area contributed by atoms with Crippen LogP contribution in [0.15, 0.2) is 48.8 Å². The molecule has 6 heteroatoms. The molecule has 0 spiro atoms. The third kappa shape index (κ3) is 2.35. The molecule has 0 aliphatic heterocycles. The fraction of sp³-hybridized carbons (Fsp3) is 0.125. The fourth-order valence-corrected chi connectivity index (χ4v) is 2.46. The van der Waals surface area contributed by atoms with Crippen LogP contribution in [0.1, 0.15) is 5.56 Å². The molecule has 0 atom stereocenters. The van der Waals surface area contributed by atoms with E-state index in [9.17, 15) is 0 Å². The average Bonchev–Trinajstić information content (AvgIpc) is 2.93. The highest BCUT2D eigenvalue weighted by Gasteiger charge is 2.08. The molecule has 0 bridgehead atoms. The molecule has 1 aromatic carbocycles. The maximum atomic E-state index is 4.49. The van der Waals surface area contributed by atoms with Gasteiger partial charge in [0.15, 0.2) is 5.65 Å². The van der Waals surface area contributed by atoms with Crippen LogP contribution in [-0.4, -0.2) is 31.7 Å². The molecule has 4 aromatic rings. The van der Waals surface area contributed by atoms with Crippen molar-refractivity contribution in [2.45, 2.75) is 6.42 Å². The minimum atomic E-state index is 0.531. The van der Waals surface area contributed by atoms with Crippen molar-refractivity contribution in [3.05, 3.63) is 54.4 Å². The summed E-state index contributed by atoms with van der Waals surface area (Å²) in [7, 11) is 0. The van der Waals surface area contributed by atoms with Gasteiger partial charge in [-0.1, -0.05) is 24.3 Å². The molecule has 2 N–H and O–H groups in total. The summed E-state index contributed by atoms with van der Waals surface area (Å²) in [5.74, 6) is 0.531. The second kappa shape index (κ2) is 5.40. The van der Waals surface area contributed by atoms with Crippen molar-refractivity contribution in [2.75, 3.05) is 11.9 Å². The van der Waals surface area contributed by atoms with Crippen molar-refractivity contribution in [3.63, 3.8) is 0 Å². The highest BCUT2D eigenvalue weighted by molar-refractivity contribution is 6.03. The molecule has 0 amide bonds. The molecule has 0 saturated heterocycles. The first-order valence-corrected chi connectivity index (χ1v) is 7.14. The first-order chi connectivity index (χ1) is 10.9. The Balaban J connectivity index is 1.54. The van der Waals surface area contributed by atoms with Crippen LogP contribution in [0.25, 0.3) is 22.1 Å². The van der Waals surface area contributed by atoms with Crippen LogP contribution in [0.2, 0.25) is 0 Å². The maximum absolute atomic E-state index is 4.49. The number of aromatic amines is 1. The summed E-state index contributed by atoms with van der Waals surface area (Å²) in [6, 6.07) is 12.0. The number of nitrogens with zero attached hydrogens (tertiary/aromatic N) is 4. The summed E-state index contributed by atoms with van der Waals surface area (Å²) in [5.41, 5.74) is 3.75. The van der Waals surface area contributed by atoms with Crippen LogP contribution < -0.4 is 5.32 Å². The predicted octanol–water partition coefficient (Wildman–Crippen LogP) is 2.56. The third-order valence-corrected chi connectivity index (χ3v) is 3.54. The molecule has 0 aliphatic rings. The van der Waals surface area contributed by atoms with Gasteiger partial charge in [-0.2, -0.15) is 4.98 Å². The van der Waals surface area contributed by atoms with E-state index in [-0.39, 0.29) is 0 Å². The molecule has 6 nitrogen and oxygen atoms in total. The molecule has 108 valence electrons. The van der Waals surface area contributed by atoms with Gasteiger partial charge in [-0.3, -0.25) is 4.98 Å². The van der Waals surface area contributed by atoms with E-state index in [0.29, 0.717) is 5.95 Å². The van der Waals surface area contributed by atoms with Crippen molar-refractivity contribution in [1.82, 2.24) is 25.1 Å². The standard InChI is InChI=1S/C16H14N6/c1-2-6-13-12(5-1)14-15(19-13)20-16(22-21-14)18-9-7-11-4-3-8-17-10-11/h1-6,8,10H,7,9H2,(H2,18,19,20,22). The van der Waals surface area contributed by atoms with E-state index < -0.39 is 0 Å². The van der Waals surface area contributed by atoms with Crippen molar-refractivity contribution in [1.29, 1.82) is 0 Å². The Morgan fingerprint density at radius 2 is 2.00 bits per heavy atom. The number of rotatable bonds is 4. The van der Waals surface area contributed by atoms with E-state index in [2.05, 4.69) is 36.5 Å². The lowest BCUT2D eigenvalue weighted by atomic mass is 10.2. The summed E-state index contributed by atoms with van der Waals surface area (Å²) >= 11 is 0. The first kappa shape index (κ1) is 12.7. The molecule has 0 saturated carbocycles. The highest BCUT2D eigenvalue weighted by Crippen LogP contribution is 2.21. The number of aromatic nitrogens is 5. The number of fused-ring (bicyclic) bond motifs is 3. The van der Waals surface area contributed by atoms with Gasteiger partial charge in [0.05, 0.1) is 0 Å². The largest absolute Gasteiger partial charge is 0.353 e. The number of pyridine rings is 1. The zero-order chi connectivity index (χ0) is 14.8. The number of anilines is 1. The van der Waals surface area contributed by atoms with Gasteiger partial charge in [0.25, 0.3) is 0 Å². The molecule has 3 aromatic heterocycles. The first-order valence-electron chi connectivity index (χ1n) is 7.14. The van der Waals surface area contributed by atoms with Gasteiger partial charge in [-0.25, -0.2) is 0 Å². The molecule has 0 fully saturated rings. The van der Waals surface area contributed by atoms with Gasteiger partial charge in [-0.05, 0) is 24.1 Å². The topological polar surface area (TPSA) is 79.4 Å². The highest BCUT2D eigenvalue weighted by atomic mass is 15.2. The maximum Gasteiger partial charge on any atom is 0.244 e. The average molecular weight is 290 g/mol. The number of para-hydroxylation sites is 1. The Bertz CT molecular complexity index is 916. The Labute approximate surface area is 126 Å². The minimum absolute atomic E-state index is 0.531. The van der Waals surface area contributed by atoms with E-state index in [1.54, 1.807) is 6.20 Å². The van der Waals surface area contributed by atoms with E-state index >= 15 is 0 Å². The van der Waals surface area contributed by atoms with Crippen molar-refractivity contribution in [3.8, 4) is 0 Å². The molecule has 4 rings (SSSR count). The van der Waals surface area contributed by atoms with Crippen LogP contribution in [0.4, 0.5) is 5.95 Å². The van der Waals surface area contributed by atoms with Crippen LogP contribution in [0.5, 0.6) is 0 Å². The van der Waals surface area contributed by atoms with Crippen molar-refractivity contribution in [2.24, 2.45) is 0 Å². The van der Waals surface area contributed by atoms with Crippen molar-refractivity contribution >= 4 is 28.0 Å². The van der Waals surface area contributed by atoms with E-state index in [1.807, 2.05) is 36.5 Å². The molecule has 3 heterocycles. The lowest BCUT2D eigenvalue weighted by Gasteiger charge is -2.03. The number of hydrogen-bond donors (Lipinski definition) is 2.